The third-order valence-electron chi connectivity index (χ3n) is 2.20. The molecule has 0 unspecified atom stereocenters. The quantitative estimate of drug-likeness (QED) is 0.544. The molecule has 1 aromatic carbocycles. The zero-order chi connectivity index (χ0) is 18.3. The van der Waals surface area contributed by atoms with Crippen molar-refractivity contribution in [1.29, 1.82) is 0 Å². The van der Waals surface area contributed by atoms with Gasteiger partial charge >= 0.3 is 49.0 Å². The fraction of sp³-hybridized carbons (Fsp3) is 0.250. The molecule has 0 aliphatic heterocycles. The molecule has 0 spiro atoms. The maximum atomic E-state index is 13.7. The predicted molar refractivity (Wildman–Crippen MR) is 72.8 cm³/mol. The minimum atomic E-state index is -6.79. The second-order valence-corrected chi connectivity index (χ2v) is 9.72. The van der Waals surface area contributed by atoms with Gasteiger partial charge in [0.2, 0.25) is 0 Å². The zero-order valence-electron chi connectivity index (χ0n) is 10.5. The molecule has 0 aliphatic rings. The molecule has 0 aromatic heterocycles. The van der Waals surface area contributed by atoms with Crippen molar-refractivity contribution in [3.8, 4) is 0 Å². The molecule has 24 heavy (non-hydrogen) atoms. The van der Waals surface area contributed by atoms with Crippen LogP contribution in [0.1, 0.15) is 0 Å². The molecule has 0 saturated heterocycles. The normalized spacial score (nSPS) is 14.0. The van der Waals surface area contributed by atoms with Crippen molar-refractivity contribution in [3.63, 3.8) is 0 Å². The van der Waals surface area contributed by atoms with Crippen molar-refractivity contribution >= 4 is 48.7 Å². The van der Waals surface area contributed by atoms with E-state index in [9.17, 15) is 47.2 Å². The zero-order valence-corrected chi connectivity index (χ0v) is 12.9. The summed E-state index contributed by atoms with van der Waals surface area (Å²) in [7, 11) is -19.6. The van der Waals surface area contributed by atoms with Gasteiger partial charge in [-0.1, -0.05) is 22.3 Å². The van der Waals surface area contributed by atoms with Crippen LogP contribution in [0.5, 0.6) is 0 Å². The van der Waals surface area contributed by atoms with Crippen LogP contribution in [0.4, 0.5) is 22.0 Å². The van der Waals surface area contributed by atoms with Crippen LogP contribution in [0.3, 0.4) is 0 Å². The van der Waals surface area contributed by atoms with E-state index in [0.717, 1.165) is 12.1 Å². The van der Waals surface area contributed by atoms with Gasteiger partial charge < -0.3 is 0 Å². The van der Waals surface area contributed by atoms with Crippen LogP contribution in [0.25, 0.3) is 0 Å². The topological polar surface area (TPSA) is 114 Å². The molecule has 1 aromatic rings. The van der Waals surface area contributed by atoms with Crippen LogP contribution in [-0.4, -0.2) is 54.2 Å². The summed E-state index contributed by atoms with van der Waals surface area (Å²) >= 11 is 0. The number of benzene rings is 1. The Hall–Kier alpha value is -0.723. The molecule has 16 heteroatoms. The summed E-state index contributed by atoms with van der Waals surface area (Å²) in [5, 5.41) is 0. The van der Waals surface area contributed by atoms with Gasteiger partial charge in [-0.2, -0.15) is 22.0 Å². The van der Waals surface area contributed by atoms with Gasteiger partial charge in [0.25, 0.3) is 9.84 Å². The molecular formula is C8H7F5LiNO6S3. The second kappa shape index (κ2) is 6.88. The van der Waals surface area contributed by atoms with Gasteiger partial charge in [-0.05, 0) is 12.1 Å². The van der Waals surface area contributed by atoms with Crippen LogP contribution >= 0.6 is 0 Å². The summed E-state index contributed by atoms with van der Waals surface area (Å²) in [5.74, 6) is 0. The third kappa shape index (κ3) is 4.09. The fourth-order valence-corrected chi connectivity index (χ4v) is 5.58. The minimum absolute atomic E-state index is 0. The first kappa shape index (κ1) is 23.3. The number of sulfone groups is 1. The number of hydrogen-bond acceptors (Lipinski definition) is 6. The number of sulfonamides is 2. The average molecular weight is 411 g/mol. The Bertz CT molecular complexity index is 895. The summed E-state index contributed by atoms with van der Waals surface area (Å²) in [6, 6.07) is 4.18. The van der Waals surface area contributed by atoms with E-state index in [4.69, 9.17) is 0 Å². The van der Waals surface area contributed by atoms with E-state index in [0.29, 0.717) is 12.1 Å². The van der Waals surface area contributed by atoms with Crippen LogP contribution in [0.2, 0.25) is 0 Å². The van der Waals surface area contributed by atoms with Crippen LogP contribution in [0, 0.1) is 0 Å². The van der Waals surface area contributed by atoms with Gasteiger partial charge in [0.1, 0.15) is 0 Å². The number of nitrogens with one attached hydrogen (secondary N) is 1. The Morgan fingerprint density at radius 2 is 1.17 bits per heavy atom. The van der Waals surface area contributed by atoms with E-state index in [1.807, 2.05) is 0 Å². The van der Waals surface area contributed by atoms with E-state index in [1.54, 1.807) is 0 Å². The van der Waals surface area contributed by atoms with E-state index in [2.05, 4.69) is 0 Å². The van der Waals surface area contributed by atoms with Gasteiger partial charge in [0, 0.05) is 0 Å². The molecule has 134 valence electrons. The van der Waals surface area contributed by atoms with Crippen LogP contribution in [0.15, 0.2) is 35.2 Å². The van der Waals surface area contributed by atoms with Crippen molar-refractivity contribution in [3.05, 3.63) is 30.3 Å². The van der Waals surface area contributed by atoms with Crippen molar-refractivity contribution in [2.45, 2.75) is 15.0 Å². The Morgan fingerprint density at radius 1 is 0.750 bits per heavy atom. The molecule has 0 aliphatic carbocycles. The van der Waals surface area contributed by atoms with Gasteiger partial charge in [-0.25, -0.2) is 25.3 Å². The molecular weight excluding hydrogens is 404 g/mol. The number of hydrogen-bond donors (Lipinski definition) is 1. The van der Waals surface area contributed by atoms with Crippen LogP contribution in [-0.2, 0) is 29.9 Å². The Kier molecular flexibility index (Phi) is 6.68. The standard InChI is InChI=1S/C8H6F5NO6S3.Li.H/c9-7(10,11)22(17,18)14-23(19,20)8(12,13)21(15,16)6-4-2-1-3-5-6;;/h1-5,14H;;. The number of rotatable bonds is 5. The molecule has 0 amide bonds. The van der Waals surface area contributed by atoms with Gasteiger partial charge in [-0.15, -0.1) is 0 Å². The van der Waals surface area contributed by atoms with Gasteiger partial charge in [0.15, 0.2) is 0 Å². The van der Waals surface area contributed by atoms with Crippen molar-refractivity contribution in [2.24, 2.45) is 0 Å². The Balaban J connectivity index is 0.00000529. The Labute approximate surface area is 145 Å². The van der Waals surface area contributed by atoms with Crippen molar-refractivity contribution in [1.82, 2.24) is 4.13 Å². The van der Waals surface area contributed by atoms with Gasteiger partial charge in [-0.3, -0.25) is 0 Å². The van der Waals surface area contributed by atoms with Crippen LogP contribution < -0.4 is 4.13 Å². The maximum absolute atomic E-state index is 13.7. The Morgan fingerprint density at radius 3 is 1.54 bits per heavy atom. The first-order chi connectivity index (χ1) is 10.1. The molecule has 7 nitrogen and oxygen atoms in total. The molecule has 0 radical (unpaired) electrons. The molecule has 0 bridgehead atoms. The van der Waals surface area contributed by atoms with Gasteiger partial charge in [0.05, 0.1) is 4.90 Å². The predicted octanol–water partition coefficient (Wildman–Crippen LogP) is 0.131. The van der Waals surface area contributed by atoms with Crippen molar-refractivity contribution < 1.29 is 47.2 Å². The summed E-state index contributed by atoms with van der Waals surface area (Å²) in [6.45, 7) is 0. The van der Waals surface area contributed by atoms with Crippen molar-refractivity contribution in [2.75, 3.05) is 0 Å². The first-order valence-corrected chi connectivity index (χ1v) is 9.53. The SMILES string of the molecule is O=S(=O)(NS(=O)(=O)C(F)(F)S(=O)(=O)c1ccccc1)C(F)(F)F.[LiH]. The molecule has 1 N–H and O–H groups in total. The summed E-state index contributed by atoms with van der Waals surface area (Å²) in [4.78, 5) is -1.24. The fourth-order valence-electron chi connectivity index (χ4n) is 1.12. The van der Waals surface area contributed by atoms with E-state index < -0.39 is 44.9 Å². The third-order valence-corrected chi connectivity index (χ3v) is 8.03. The summed E-state index contributed by atoms with van der Waals surface area (Å²) in [5.41, 5.74) is -6.24. The molecule has 0 fully saturated rings. The van der Waals surface area contributed by atoms with E-state index in [-0.39, 0.29) is 23.0 Å². The molecule has 0 atom stereocenters. The monoisotopic (exact) mass is 411 g/mol. The summed E-state index contributed by atoms with van der Waals surface area (Å²) in [6.07, 6.45) is 0. The number of alkyl halides is 5. The first-order valence-electron chi connectivity index (χ1n) is 5.08. The second-order valence-electron chi connectivity index (χ2n) is 3.82. The van der Waals surface area contributed by atoms with E-state index >= 15 is 0 Å². The summed E-state index contributed by atoms with van der Waals surface area (Å²) < 4.78 is 124. The molecule has 0 heterocycles. The number of halogens is 5. The molecule has 0 saturated carbocycles. The molecule has 1 rings (SSSR count). The van der Waals surface area contributed by atoms with E-state index in [1.165, 1.54) is 6.07 Å². The average Bonchev–Trinajstić information content (AvgIpc) is 2.36.